The molecule has 6 heterocycles. The van der Waals surface area contributed by atoms with Gasteiger partial charge in [-0.25, -0.2) is 13.4 Å². The fourth-order valence-corrected chi connectivity index (χ4v) is 11.3. The molecule has 256 valence electrons. The van der Waals surface area contributed by atoms with Gasteiger partial charge in [-0.3, -0.25) is 4.98 Å². The molecule has 1 saturated heterocycles. The molecule has 12 heteroatoms. The maximum Gasteiger partial charge on any atom is 0.250 e. The number of rotatable bonds is 9. The first-order valence-electron chi connectivity index (χ1n) is 17.2. The van der Waals surface area contributed by atoms with Crippen LogP contribution >= 0.6 is 11.3 Å². The third kappa shape index (κ3) is 5.81. The average molecular weight is 700 g/mol. The summed E-state index contributed by atoms with van der Waals surface area (Å²) in [6.45, 7) is 7.44. The number of methoxy groups -OCH3 is 1. The highest BCUT2D eigenvalue weighted by Crippen LogP contribution is 2.51. The number of pyridine rings is 2. The summed E-state index contributed by atoms with van der Waals surface area (Å²) in [4.78, 5) is 11.1. The zero-order valence-electron chi connectivity index (χ0n) is 28.3. The van der Waals surface area contributed by atoms with Crippen LogP contribution in [0.5, 0.6) is 5.75 Å². The maximum absolute atomic E-state index is 14.2. The Morgan fingerprint density at radius 2 is 1.94 bits per heavy atom. The van der Waals surface area contributed by atoms with Crippen molar-refractivity contribution in [3.8, 4) is 27.6 Å². The number of nitrogens with zero attached hydrogens (tertiary/aromatic N) is 4. The van der Waals surface area contributed by atoms with Crippen LogP contribution in [0.2, 0.25) is 0 Å². The number of hydrogen-bond acceptors (Lipinski definition) is 11. The summed E-state index contributed by atoms with van der Waals surface area (Å²) in [6, 6.07) is 10.4. The first kappa shape index (κ1) is 32.3. The lowest BCUT2D eigenvalue weighted by Gasteiger charge is -2.23. The predicted molar refractivity (Wildman–Crippen MR) is 190 cm³/mol. The third-order valence-corrected chi connectivity index (χ3v) is 13.4. The maximum atomic E-state index is 14.2. The van der Waals surface area contributed by atoms with Crippen molar-refractivity contribution in [2.24, 2.45) is 11.8 Å². The number of hydrogen-bond donors (Lipinski definition) is 1. The minimum absolute atomic E-state index is 0.0372. The van der Waals surface area contributed by atoms with Crippen molar-refractivity contribution < 1.29 is 22.3 Å². The average Bonchev–Trinajstić information content (AvgIpc) is 3.88. The SMILES string of the molecule is COc1cccc2c1CCC2Nc1nccc2cc(-c3c(-c4nnc(C)o4)c(CCC4CCOCC4)nc4c3S(=O)(=O)CC4C(C)C)sc12. The quantitative estimate of drug-likeness (QED) is 0.163. The van der Waals surface area contributed by atoms with Gasteiger partial charge in [-0.1, -0.05) is 26.0 Å². The van der Waals surface area contributed by atoms with E-state index in [-0.39, 0.29) is 23.6 Å². The van der Waals surface area contributed by atoms with Gasteiger partial charge in [-0.05, 0) is 85.1 Å². The zero-order valence-corrected chi connectivity index (χ0v) is 29.9. The Kier molecular flexibility index (Phi) is 8.44. The summed E-state index contributed by atoms with van der Waals surface area (Å²) in [5.41, 5.74) is 5.18. The van der Waals surface area contributed by atoms with Crippen molar-refractivity contribution in [3.05, 3.63) is 64.9 Å². The Bertz CT molecular complexity index is 2150. The Labute approximate surface area is 290 Å². The molecular weight excluding hydrogens is 659 g/mol. The minimum atomic E-state index is -3.67. The van der Waals surface area contributed by atoms with Gasteiger partial charge in [0, 0.05) is 42.7 Å². The second-order valence-electron chi connectivity index (χ2n) is 13.8. The number of anilines is 1. The Morgan fingerprint density at radius 3 is 2.69 bits per heavy atom. The van der Waals surface area contributed by atoms with Crippen LogP contribution < -0.4 is 10.1 Å². The second-order valence-corrected chi connectivity index (χ2v) is 16.9. The largest absolute Gasteiger partial charge is 0.496 e. The van der Waals surface area contributed by atoms with Crippen LogP contribution in [0.3, 0.4) is 0 Å². The fourth-order valence-electron chi connectivity index (χ4n) is 7.85. The highest BCUT2D eigenvalue weighted by Gasteiger charge is 2.43. The molecule has 0 amide bonds. The summed E-state index contributed by atoms with van der Waals surface area (Å²) in [7, 11) is -1.95. The normalized spacial score (nSPS) is 20.2. The molecule has 0 spiro atoms. The summed E-state index contributed by atoms with van der Waals surface area (Å²) < 4.78 is 46.7. The van der Waals surface area contributed by atoms with Gasteiger partial charge < -0.3 is 19.2 Å². The number of nitrogens with one attached hydrogen (secondary N) is 1. The molecule has 0 saturated carbocycles. The Balaban J connectivity index is 1.30. The fraction of sp³-hybridized carbons (Fsp3) is 0.459. The van der Waals surface area contributed by atoms with Crippen molar-refractivity contribution in [2.75, 3.05) is 31.4 Å². The molecule has 49 heavy (non-hydrogen) atoms. The van der Waals surface area contributed by atoms with Gasteiger partial charge >= 0.3 is 0 Å². The van der Waals surface area contributed by atoms with Crippen molar-refractivity contribution in [3.63, 3.8) is 0 Å². The smallest absolute Gasteiger partial charge is 0.250 e. The standard InChI is InChI=1S/C37H41N5O5S2/c1-20(2)26-19-49(43,44)35-32(31(37-42-41-21(3)47-37)28(39-33(26)35)10-8-22-13-16-46-17-14-22)30-18-23-12-15-38-36(34(23)48-30)40-27-11-9-25-24(27)6-5-7-29(25)45-4/h5-7,12,15,18,20,22,26-27H,8-11,13-14,16-17,19H2,1-4H3,(H,38,40). The van der Waals surface area contributed by atoms with Gasteiger partial charge in [0.15, 0.2) is 9.84 Å². The molecular formula is C37H41N5O5S2. The topological polar surface area (TPSA) is 129 Å². The monoisotopic (exact) mass is 699 g/mol. The van der Waals surface area contributed by atoms with Gasteiger partial charge in [0.05, 0.1) is 45.5 Å². The molecule has 1 aromatic carbocycles. The van der Waals surface area contributed by atoms with Gasteiger partial charge in [-0.15, -0.1) is 21.5 Å². The summed E-state index contributed by atoms with van der Waals surface area (Å²) >= 11 is 1.55. The lowest BCUT2D eigenvalue weighted by Crippen LogP contribution is -2.17. The van der Waals surface area contributed by atoms with Gasteiger partial charge in [0.25, 0.3) is 0 Å². The van der Waals surface area contributed by atoms with Crippen molar-refractivity contribution in [1.82, 2.24) is 20.2 Å². The zero-order chi connectivity index (χ0) is 33.9. The number of benzene rings is 1. The Hall–Kier alpha value is -3.87. The first-order chi connectivity index (χ1) is 23.7. The van der Waals surface area contributed by atoms with Crippen LogP contribution in [-0.2, 0) is 27.4 Å². The molecule has 4 aromatic heterocycles. The lowest BCUT2D eigenvalue weighted by molar-refractivity contribution is 0.0639. The third-order valence-electron chi connectivity index (χ3n) is 10.4. The van der Waals surface area contributed by atoms with E-state index in [0.29, 0.717) is 45.8 Å². The molecule has 2 aliphatic heterocycles. The molecule has 3 aliphatic rings. The highest BCUT2D eigenvalue weighted by molar-refractivity contribution is 7.92. The number of aryl methyl sites for hydroxylation is 2. The molecule has 0 bridgehead atoms. The molecule has 0 radical (unpaired) electrons. The number of thiophene rings is 1. The first-order valence-corrected chi connectivity index (χ1v) is 19.7. The van der Waals surface area contributed by atoms with Crippen LogP contribution in [0.15, 0.2) is 45.8 Å². The van der Waals surface area contributed by atoms with Crippen LogP contribution in [0.1, 0.15) is 79.9 Å². The predicted octanol–water partition coefficient (Wildman–Crippen LogP) is 7.71. The number of fused-ring (bicyclic) bond motifs is 3. The van der Waals surface area contributed by atoms with Gasteiger partial charge in [-0.2, -0.15) is 0 Å². The van der Waals surface area contributed by atoms with E-state index < -0.39 is 9.84 Å². The van der Waals surface area contributed by atoms with E-state index >= 15 is 0 Å². The lowest BCUT2D eigenvalue weighted by atomic mass is 9.89. The number of sulfone groups is 1. The van der Waals surface area contributed by atoms with E-state index in [1.807, 2.05) is 24.4 Å². The van der Waals surface area contributed by atoms with E-state index in [2.05, 4.69) is 41.5 Å². The molecule has 8 rings (SSSR count). The van der Waals surface area contributed by atoms with E-state index in [9.17, 15) is 8.42 Å². The molecule has 2 atom stereocenters. The molecule has 2 unspecified atom stereocenters. The van der Waals surface area contributed by atoms with Gasteiger partial charge in [0.2, 0.25) is 11.8 Å². The molecule has 1 aliphatic carbocycles. The summed E-state index contributed by atoms with van der Waals surface area (Å²) in [5, 5.41) is 13.3. The van der Waals surface area contributed by atoms with E-state index in [4.69, 9.17) is 23.9 Å². The van der Waals surface area contributed by atoms with E-state index in [0.717, 1.165) is 77.5 Å². The number of ether oxygens (including phenoxy) is 2. The Morgan fingerprint density at radius 1 is 1.10 bits per heavy atom. The van der Waals surface area contributed by atoms with Crippen LogP contribution in [-0.4, -0.2) is 54.7 Å². The van der Waals surface area contributed by atoms with E-state index in [1.54, 1.807) is 25.4 Å². The van der Waals surface area contributed by atoms with Crippen LogP contribution in [0, 0.1) is 18.8 Å². The highest BCUT2D eigenvalue weighted by atomic mass is 32.2. The molecule has 5 aromatic rings. The van der Waals surface area contributed by atoms with Crippen molar-refractivity contribution in [1.29, 1.82) is 0 Å². The van der Waals surface area contributed by atoms with Gasteiger partial charge in [0.1, 0.15) is 11.6 Å². The van der Waals surface area contributed by atoms with Crippen LogP contribution in [0.4, 0.5) is 5.82 Å². The molecule has 1 N–H and O–H groups in total. The number of aromatic nitrogens is 4. The van der Waals surface area contributed by atoms with Crippen molar-refractivity contribution >= 4 is 37.1 Å². The summed E-state index contributed by atoms with van der Waals surface area (Å²) in [6.07, 6.45) is 7.27. The van der Waals surface area contributed by atoms with Crippen molar-refractivity contribution in [2.45, 2.75) is 76.2 Å². The minimum Gasteiger partial charge on any atom is -0.496 e. The van der Waals surface area contributed by atoms with E-state index in [1.165, 1.54) is 11.1 Å². The molecule has 10 nitrogen and oxygen atoms in total. The molecule has 1 fully saturated rings. The second kappa shape index (κ2) is 12.8. The summed E-state index contributed by atoms with van der Waals surface area (Å²) in [5.74, 6) is 2.86. The van der Waals surface area contributed by atoms with Crippen LogP contribution in [0.25, 0.3) is 32.0 Å².